The van der Waals surface area contributed by atoms with Crippen LogP contribution in [-0.2, 0) is 0 Å². The predicted molar refractivity (Wildman–Crippen MR) is 66.0 cm³/mol. The average molecular weight is 259 g/mol. The molecule has 1 aromatic rings. The van der Waals surface area contributed by atoms with Gasteiger partial charge in [0.05, 0.1) is 5.56 Å². The molecule has 16 heavy (non-hydrogen) atoms. The number of Topliss-reactive ketones (excluding diaryl/α,β-unsaturated/α-hetero) is 1. The Bertz CT molecular complexity index is 442. The van der Waals surface area contributed by atoms with Gasteiger partial charge in [0.1, 0.15) is 10.3 Å². The maximum atomic E-state index is 11.9. The van der Waals surface area contributed by atoms with Crippen molar-refractivity contribution < 1.29 is 4.79 Å². The van der Waals surface area contributed by atoms with Gasteiger partial charge in [-0.1, -0.05) is 23.2 Å². The second-order valence-electron chi connectivity index (χ2n) is 3.58. The SMILES string of the molecule is C/C(=C\N(C)C)C(=O)c1ccc(Cl)nc1Cl. The normalized spacial score (nSPS) is 11.4. The van der Waals surface area contributed by atoms with Gasteiger partial charge in [0.2, 0.25) is 0 Å². The fraction of sp³-hybridized carbons (Fsp3) is 0.273. The number of aromatic nitrogens is 1. The monoisotopic (exact) mass is 258 g/mol. The topological polar surface area (TPSA) is 33.2 Å². The summed E-state index contributed by atoms with van der Waals surface area (Å²) in [5.74, 6) is -0.150. The minimum Gasteiger partial charge on any atom is -0.383 e. The molecule has 0 N–H and O–H groups in total. The molecular weight excluding hydrogens is 247 g/mol. The van der Waals surface area contributed by atoms with Crippen LogP contribution in [0.15, 0.2) is 23.9 Å². The van der Waals surface area contributed by atoms with E-state index in [0.29, 0.717) is 11.1 Å². The maximum Gasteiger partial charge on any atom is 0.193 e. The second-order valence-corrected chi connectivity index (χ2v) is 4.32. The lowest BCUT2D eigenvalue weighted by atomic mass is 10.1. The molecule has 1 aromatic heterocycles. The minimum atomic E-state index is -0.150. The van der Waals surface area contributed by atoms with Crippen molar-refractivity contribution in [3.05, 3.63) is 39.8 Å². The van der Waals surface area contributed by atoms with E-state index in [9.17, 15) is 4.79 Å². The highest BCUT2D eigenvalue weighted by Crippen LogP contribution is 2.19. The fourth-order valence-corrected chi connectivity index (χ4v) is 1.67. The van der Waals surface area contributed by atoms with Crippen LogP contribution in [0.3, 0.4) is 0 Å². The van der Waals surface area contributed by atoms with E-state index in [-0.39, 0.29) is 16.1 Å². The van der Waals surface area contributed by atoms with Gasteiger partial charge in [-0.05, 0) is 19.1 Å². The van der Waals surface area contributed by atoms with Crippen LogP contribution >= 0.6 is 23.2 Å². The van der Waals surface area contributed by atoms with Gasteiger partial charge in [-0.15, -0.1) is 0 Å². The molecule has 0 fully saturated rings. The van der Waals surface area contributed by atoms with Gasteiger partial charge in [-0.2, -0.15) is 0 Å². The first-order chi connectivity index (χ1) is 7.41. The largest absolute Gasteiger partial charge is 0.383 e. The number of carbonyl (C=O) groups is 1. The Morgan fingerprint density at radius 1 is 1.38 bits per heavy atom. The number of pyridine rings is 1. The van der Waals surface area contributed by atoms with Crippen LogP contribution in [0.25, 0.3) is 0 Å². The molecular formula is C11H12Cl2N2O. The van der Waals surface area contributed by atoms with Crippen molar-refractivity contribution >= 4 is 29.0 Å². The molecule has 0 spiro atoms. The van der Waals surface area contributed by atoms with Crippen molar-refractivity contribution in [2.24, 2.45) is 0 Å². The fourth-order valence-electron chi connectivity index (χ4n) is 1.24. The Morgan fingerprint density at radius 3 is 2.50 bits per heavy atom. The quantitative estimate of drug-likeness (QED) is 0.475. The standard InChI is InChI=1S/C11H12Cl2N2O/c1-7(6-15(2)3)10(16)8-4-5-9(12)14-11(8)13/h4-6H,1-3H3/b7-6+. The molecule has 0 saturated heterocycles. The molecule has 0 bridgehead atoms. The highest BCUT2D eigenvalue weighted by molar-refractivity contribution is 6.35. The first kappa shape index (κ1) is 13.0. The summed E-state index contributed by atoms with van der Waals surface area (Å²) >= 11 is 11.5. The summed E-state index contributed by atoms with van der Waals surface area (Å²) in [6, 6.07) is 3.12. The number of nitrogens with zero attached hydrogens (tertiary/aromatic N) is 2. The molecule has 1 rings (SSSR count). The van der Waals surface area contributed by atoms with E-state index < -0.39 is 0 Å². The van der Waals surface area contributed by atoms with E-state index in [0.717, 1.165) is 0 Å². The lowest BCUT2D eigenvalue weighted by molar-refractivity contribution is 0.103. The number of hydrogen-bond acceptors (Lipinski definition) is 3. The van der Waals surface area contributed by atoms with Crippen LogP contribution in [-0.4, -0.2) is 29.8 Å². The summed E-state index contributed by atoms with van der Waals surface area (Å²) in [5.41, 5.74) is 0.956. The van der Waals surface area contributed by atoms with Gasteiger partial charge in [0.15, 0.2) is 5.78 Å². The number of halogens is 2. The van der Waals surface area contributed by atoms with Crippen molar-refractivity contribution in [1.29, 1.82) is 0 Å². The Morgan fingerprint density at radius 2 is 2.00 bits per heavy atom. The summed E-state index contributed by atoms with van der Waals surface area (Å²) in [4.78, 5) is 17.6. The van der Waals surface area contributed by atoms with Crippen molar-refractivity contribution in [3.63, 3.8) is 0 Å². The Labute approximate surface area is 105 Å². The molecule has 3 nitrogen and oxygen atoms in total. The van der Waals surface area contributed by atoms with Gasteiger partial charge in [-0.3, -0.25) is 4.79 Å². The number of allylic oxidation sites excluding steroid dienone is 1. The first-order valence-electron chi connectivity index (χ1n) is 4.63. The first-order valence-corrected chi connectivity index (χ1v) is 5.39. The predicted octanol–water partition coefficient (Wildman–Crippen LogP) is 3.04. The number of hydrogen-bond donors (Lipinski definition) is 0. The Kier molecular flexibility index (Phi) is 4.33. The van der Waals surface area contributed by atoms with Crippen LogP contribution in [0.5, 0.6) is 0 Å². The Hall–Kier alpha value is -1.06. The van der Waals surface area contributed by atoms with Crippen LogP contribution in [0, 0.1) is 0 Å². The van der Waals surface area contributed by atoms with E-state index in [1.807, 2.05) is 14.1 Å². The van der Waals surface area contributed by atoms with Crippen molar-refractivity contribution in [2.75, 3.05) is 14.1 Å². The summed E-state index contributed by atoms with van der Waals surface area (Å²) in [5, 5.41) is 0.403. The molecule has 1 heterocycles. The molecule has 0 aromatic carbocycles. The highest BCUT2D eigenvalue weighted by atomic mass is 35.5. The zero-order valence-electron chi connectivity index (χ0n) is 9.29. The lowest BCUT2D eigenvalue weighted by Gasteiger charge is -2.08. The van der Waals surface area contributed by atoms with Gasteiger partial charge in [0, 0.05) is 25.9 Å². The van der Waals surface area contributed by atoms with Crippen molar-refractivity contribution in [3.8, 4) is 0 Å². The summed E-state index contributed by atoms with van der Waals surface area (Å²) < 4.78 is 0. The Balaban J connectivity index is 3.06. The molecule has 5 heteroatoms. The summed E-state index contributed by atoms with van der Waals surface area (Å²) in [7, 11) is 3.69. The summed E-state index contributed by atoms with van der Waals surface area (Å²) in [6.07, 6.45) is 1.73. The molecule has 86 valence electrons. The van der Waals surface area contributed by atoms with Gasteiger partial charge in [-0.25, -0.2) is 4.98 Å². The van der Waals surface area contributed by atoms with Gasteiger partial charge >= 0.3 is 0 Å². The van der Waals surface area contributed by atoms with Gasteiger partial charge < -0.3 is 4.90 Å². The lowest BCUT2D eigenvalue weighted by Crippen LogP contribution is -2.08. The molecule has 0 radical (unpaired) electrons. The molecule has 0 aliphatic carbocycles. The van der Waals surface area contributed by atoms with E-state index in [4.69, 9.17) is 23.2 Å². The zero-order valence-corrected chi connectivity index (χ0v) is 10.8. The maximum absolute atomic E-state index is 11.9. The average Bonchev–Trinajstić information content (AvgIpc) is 2.15. The molecule has 0 aliphatic rings. The van der Waals surface area contributed by atoms with Crippen LogP contribution in [0.1, 0.15) is 17.3 Å². The molecule has 0 unspecified atom stereocenters. The van der Waals surface area contributed by atoms with E-state index in [2.05, 4.69) is 4.98 Å². The van der Waals surface area contributed by atoms with Crippen molar-refractivity contribution in [2.45, 2.75) is 6.92 Å². The highest BCUT2D eigenvalue weighted by Gasteiger charge is 2.13. The van der Waals surface area contributed by atoms with E-state index in [1.165, 1.54) is 0 Å². The number of rotatable bonds is 3. The number of carbonyl (C=O) groups excluding carboxylic acids is 1. The van der Waals surface area contributed by atoms with E-state index >= 15 is 0 Å². The second kappa shape index (κ2) is 5.32. The molecule has 0 saturated carbocycles. The third-order valence-electron chi connectivity index (χ3n) is 1.87. The third kappa shape index (κ3) is 3.22. The minimum absolute atomic E-state index is 0.129. The van der Waals surface area contributed by atoms with Crippen LogP contribution < -0.4 is 0 Å². The summed E-state index contributed by atoms with van der Waals surface area (Å²) in [6.45, 7) is 1.73. The van der Waals surface area contributed by atoms with Crippen LogP contribution in [0.2, 0.25) is 10.3 Å². The van der Waals surface area contributed by atoms with Crippen molar-refractivity contribution in [1.82, 2.24) is 9.88 Å². The third-order valence-corrected chi connectivity index (χ3v) is 2.37. The number of ketones is 1. The van der Waals surface area contributed by atoms with Gasteiger partial charge in [0.25, 0.3) is 0 Å². The van der Waals surface area contributed by atoms with E-state index in [1.54, 1.807) is 30.2 Å². The molecule has 0 amide bonds. The molecule has 0 atom stereocenters. The molecule has 0 aliphatic heterocycles. The van der Waals surface area contributed by atoms with Crippen LogP contribution in [0.4, 0.5) is 0 Å². The zero-order chi connectivity index (χ0) is 12.3. The smallest absolute Gasteiger partial charge is 0.193 e.